The topological polar surface area (TPSA) is 104 Å². The molecule has 23 heavy (non-hydrogen) atoms. The van der Waals surface area contributed by atoms with Crippen molar-refractivity contribution in [1.29, 1.82) is 0 Å². The molecule has 9 heteroatoms. The molecule has 0 bridgehead atoms. The van der Waals surface area contributed by atoms with Crippen molar-refractivity contribution < 1.29 is 16.8 Å². The summed E-state index contributed by atoms with van der Waals surface area (Å²) in [6, 6.07) is 7.87. The van der Waals surface area contributed by atoms with Gasteiger partial charge in [0.1, 0.15) is 0 Å². The minimum Gasteiger partial charge on any atom is -0.316 e. The maximum Gasteiger partial charge on any atom is 0.240 e. The van der Waals surface area contributed by atoms with Crippen molar-refractivity contribution in [2.45, 2.75) is 17.7 Å². The fraction of sp³-hybridized carbons (Fsp3) is 0.571. The number of sulfonamides is 2. The Kier molecular flexibility index (Phi) is 6.54. The Morgan fingerprint density at radius 1 is 1.09 bits per heavy atom. The Hall–Kier alpha value is -1.00. The third-order valence-electron chi connectivity index (χ3n) is 3.71. The van der Waals surface area contributed by atoms with Crippen molar-refractivity contribution in [3.63, 3.8) is 0 Å². The lowest BCUT2D eigenvalue weighted by atomic mass is 10.0. The van der Waals surface area contributed by atoms with Gasteiger partial charge in [-0.15, -0.1) is 0 Å². The van der Waals surface area contributed by atoms with Gasteiger partial charge in [0.15, 0.2) is 0 Å². The maximum absolute atomic E-state index is 12.0. The van der Waals surface area contributed by atoms with Gasteiger partial charge in [-0.25, -0.2) is 26.3 Å². The van der Waals surface area contributed by atoms with Crippen molar-refractivity contribution in [1.82, 2.24) is 14.8 Å². The molecule has 0 saturated carbocycles. The van der Waals surface area contributed by atoms with E-state index in [1.807, 2.05) is 0 Å². The predicted octanol–water partition coefficient (Wildman–Crippen LogP) is -0.116. The van der Waals surface area contributed by atoms with Crippen LogP contribution in [0, 0.1) is 5.92 Å². The van der Waals surface area contributed by atoms with E-state index in [1.165, 1.54) is 12.1 Å². The molecule has 0 radical (unpaired) electrons. The normalized spacial score (nSPS) is 19.6. The molecule has 1 atom stereocenters. The van der Waals surface area contributed by atoms with Crippen molar-refractivity contribution in [3.05, 3.63) is 30.3 Å². The van der Waals surface area contributed by atoms with E-state index in [9.17, 15) is 16.8 Å². The summed E-state index contributed by atoms with van der Waals surface area (Å²) >= 11 is 0. The first kappa shape index (κ1) is 18.3. The number of nitrogens with one attached hydrogen (secondary N) is 3. The van der Waals surface area contributed by atoms with Crippen molar-refractivity contribution >= 4 is 20.0 Å². The van der Waals surface area contributed by atoms with Crippen LogP contribution < -0.4 is 14.8 Å². The van der Waals surface area contributed by atoms with Crippen LogP contribution in [0.25, 0.3) is 0 Å². The van der Waals surface area contributed by atoms with E-state index in [0.29, 0.717) is 12.5 Å². The van der Waals surface area contributed by atoms with Crippen molar-refractivity contribution in [2.24, 2.45) is 5.92 Å². The van der Waals surface area contributed by atoms with Gasteiger partial charge in [0.05, 0.1) is 10.6 Å². The molecule has 1 saturated heterocycles. The van der Waals surface area contributed by atoms with Crippen LogP contribution >= 0.6 is 0 Å². The molecular formula is C14H23N3O4S2. The van der Waals surface area contributed by atoms with Gasteiger partial charge in [-0.1, -0.05) is 18.2 Å². The zero-order chi connectivity index (χ0) is 16.8. The lowest BCUT2D eigenvalue weighted by Crippen LogP contribution is -2.40. The molecule has 0 spiro atoms. The summed E-state index contributed by atoms with van der Waals surface area (Å²) in [5, 5.41) is 3.23. The average molecular weight is 361 g/mol. The van der Waals surface area contributed by atoms with Crippen molar-refractivity contribution in [2.75, 3.05) is 31.9 Å². The number of rotatable bonds is 8. The number of piperidine rings is 1. The maximum atomic E-state index is 12.0. The van der Waals surface area contributed by atoms with Gasteiger partial charge in [0, 0.05) is 13.1 Å². The SMILES string of the molecule is O=S(=O)(CCNS(=O)(=O)c1ccccc1)NCC1CCCNC1. The monoisotopic (exact) mass is 361 g/mol. The summed E-state index contributed by atoms with van der Waals surface area (Å²) in [4.78, 5) is 0.124. The largest absolute Gasteiger partial charge is 0.316 e. The van der Waals surface area contributed by atoms with Gasteiger partial charge >= 0.3 is 0 Å². The molecule has 3 N–H and O–H groups in total. The highest BCUT2D eigenvalue weighted by Gasteiger charge is 2.18. The van der Waals surface area contributed by atoms with Gasteiger partial charge in [-0.2, -0.15) is 0 Å². The first-order chi connectivity index (χ1) is 10.9. The predicted molar refractivity (Wildman–Crippen MR) is 89.0 cm³/mol. The minimum absolute atomic E-state index is 0.124. The van der Waals surface area contributed by atoms with Gasteiger partial charge in [-0.3, -0.25) is 0 Å². The molecule has 130 valence electrons. The molecule has 7 nitrogen and oxygen atoms in total. The van der Waals surface area contributed by atoms with E-state index < -0.39 is 20.0 Å². The third-order valence-corrected chi connectivity index (χ3v) is 6.53. The molecule has 1 heterocycles. The molecule has 0 aromatic heterocycles. The summed E-state index contributed by atoms with van der Waals surface area (Å²) in [6.07, 6.45) is 2.04. The molecule has 1 fully saturated rings. The van der Waals surface area contributed by atoms with Crippen molar-refractivity contribution in [3.8, 4) is 0 Å². The standard InChI is InChI=1S/C14H23N3O4S2/c18-22(19,17-12-13-5-4-8-15-11-13)10-9-16-23(20,21)14-6-2-1-3-7-14/h1-3,6-7,13,15-17H,4-5,8-12H2. The van der Waals surface area contributed by atoms with Crippen LogP contribution in [0.3, 0.4) is 0 Å². The summed E-state index contributed by atoms with van der Waals surface area (Å²) in [6.45, 7) is 2.02. The van der Waals surface area contributed by atoms with Gasteiger partial charge < -0.3 is 5.32 Å². The van der Waals surface area contributed by atoms with Crippen LogP contribution in [-0.4, -0.2) is 48.8 Å². The highest BCUT2D eigenvalue weighted by atomic mass is 32.2. The van der Waals surface area contributed by atoms with Crippen LogP contribution in [0.1, 0.15) is 12.8 Å². The van der Waals surface area contributed by atoms with Crippen LogP contribution in [-0.2, 0) is 20.0 Å². The number of hydrogen-bond acceptors (Lipinski definition) is 5. The highest BCUT2D eigenvalue weighted by molar-refractivity contribution is 7.90. The second kappa shape index (κ2) is 8.20. The lowest BCUT2D eigenvalue weighted by Gasteiger charge is -2.22. The summed E-state index contributed by atoms with van der Waals surface area (Å²) in [5.41, 5.74) is 0. The van der Waals surface area contributed by atoms with E-state index >= 15 is 0 Å². The quantitative estimate of drug-likeness (QED) is 0.599. The van der Waals surface area contributed by atoms with Gasteiger partial charge in [0.25, 0.3) is 0 Å². The molecule has 0 aliphatic carbocycles. The Labute approximate surface area is 138 Å². The molecule has 1 aliphatic rings. The van der Waals surface area contributed by atoms with Crippen LogP contribution in [0.4, 0.5) is 0 Å². The molecule has 1 aromatic rings. The summed E-state index contributed by atoms with van der Waals surface area (Å²) < 4.78 is 52.7. The first-order valence-electron chi connectivity index (χ1n) is 7.62. The van der Waals surface area contributed by atoms with Crippen LogP contribution in [0.2, 0.25) is 0 Å². The second-order valence-electron chi connectivity index (χ2n) is 5.59. The third kappa shape index (κ3) is 6.19. The fourth-order valence-corrected chi connectivity index (χ4v) is 4.60. The zero-order valence-electron chi connectivity index (χ0n) is 12.9. The zero-order valence-corrected chi connectivity index (χ0v) is 14.5. The van der Waals surface area contributed by atoms with Gasteiger partial charge in [0.2, 0.25) is 20.0 Å². The van der Waals surface area contributed by atoms with E-state index in [-0.39, 0.29) is 17.2 Å². The smallest absolute Gasteiger partial charge is 0.240 e. The molecule has 1 aliphatic heterocycles. The molecule has 1 unspecified atom stereocenters. The first-order valence-corrected chi connectivity index (χ1v) is 10.8. The van der Waals surface area contributed by atoms with E-state index in [4.69, 9.17) is 0 Å². The number of benzene rings is 1. The van der Waals surface area contributed by atoms with E-state index in [0.717, 1.165) is 25.9 Å². The van der Waals surface area contributed by atoms with E-state index in [1.54, 1.807) is 18.2 Å². The summed E-state index contributed by atoms with van der Waals surface area (Å²) in [7, 11) is -7.16. The second-order valence-corrected chi connectivity index (χ2v) is 9.28. The molecule has 2 rings (SSSR count). The van der Waals surface area contributed by atoms with Gasteiger partial charge in [-0.05, 0) is 44.0 Å². The Morgan fingerprint density at radius 3 is 2.48 bits per heavy atom. The minimum atomic E-state index is -3.67. The number of hydrogen-bond donors (Lipinski definition) is 3. The Morgan fingerprint density at radius 2 is 1.83 bits per heavy atom. The Balaban J connectivity index is 1.78. The van der Waals surface area contributed by atoms with Crippen LogP contribution in [0.5, 0.6) is 0 Å². The average Bonchev–Trinajstić information content (AvgIpc) is 2.54. The lowest BCUT2D eigenvalue weighted by molar-refractivity contribution is 0.376. The molecular weight excluding hydrogens is 338 g/mol. The molecule has 0 amide bonds. The Bertz CT molecular complexity index is 684. The molecule has 1 aromatic carbocycles. The van der Waals surface area contributed by atoms with Crippen LogP contribution in [0.15, 0.2) is 35.2 Å². The summed E-state index contributed by atoms with van der Waals surface area (Å²) in [5.74, 6) is 0.0127. The fourth-order valence-electron chi connectivity index (χ4n) is 2.41. The van der Waals surface area contributed by atoms with E-state index in [2.05, 4.69) is 14.8 Å². The highest BCUT2D eigenvalue weighted by Crippen LogP contribution is 2.09.